The molecule has 3 rings (SSSR count). The molecular formula is C19H12ClNO3. The van der Waals surface area contributed by atoms with Gasteiger partial charge in [0.2, 0.25) is 0 Å². The Morgan fingerprint density at radius 1 is 1.00 bits per heavy atom. The summed E-state index contributed by atoms with van der Waals surface area (Å²) < 4.78 is 0. The van der Waals surface area contributed by atoms with Crippen LogP contribution in [0.15, 0.2) is 60.7 Å². The van der Waals surface area contributed by atoms with Crippen LogP contribution in [0.4, 0.5) is 0 Å². The Bertz CT molecular complexity index is 979. The van der Waals surface area contributed by atoms with Crippen molar-refractivity contribution < 1.29 is 14.7 Å². The highest BCUT2D eigenvalue weighted by Gasteiger charge is 2.21. The molecule has 0 fully saturated rings. The third-order valence-corrected chi connectivity index (χ3v) is 3.71. The largest absolute Gasteiger partial charge is 0.475 e. The van der Waals surface area contributed by atoms with Crippen LogP contribution in [0, 0.1) is 0 Å². The van der Waals surface area contributed by atoms with Crippen molar-refractivity contribution in [1.82, 2.24) is 4.98 Å². The van der Waals surface area contributed by atoms with Gasteiger partial charge in [-0.05, 0) is 35.9 Å². The second-order valence-corrected chi connectivity index (χ2v) is 5.57. The Labute approximate surface area is 143 Å². The van der Waals surface area contributed by atoms with Crippen LogP contribution >= 0.6 is 11.6 Å². The van der Waals surface area contributed by atoms with Gasteiger partial charge in [-0.2, -0.15) is 0 Å². The number of carboxylic acids is 1. The first kappa shape index (κ1) is 15.9. The predicted molar refractivity (Wildman–Crippen MR) is 93.7 cm³/mol. The van der Waals surface area contributed by atoms with E-state index in [0.717, 1.165) is 5.39 Å². The monoisotopic (exact) mass is 337 g/mol. The number of hydrogen-bond donors (Lipinski definition) is 1. The second kappa shape index (κ2) is 6.64. The molecule has 1 aromatic heterocycles. The van der Waals surface area contributed by atoms with Gasteiger partial charge in [-0.3, -0.25) is 4.79 Å². The number of hydrogen-bond acceptors (Lipinski definition) is 3. The quantitative estimate of drug-likeness (QED) is 0.575. The number of ketones is 1. The third kappa shape index (κ3) is 3.34. The minimum Gasteiger partial charge on any atom is -0.475 e. The Balaban J connectivity index is 2.16. The van der Waals surface area contributed by atoms with E-state index in [0.29, 0.717) is 21.8 Å². The lowest BCUT2D eigenvalue weighted by molar-refractivity contribution is -0.146. The fourth-order valence-electron chi connectivity index (χ4n) is 2.35. The van der Waals surface area contributed by atoms with E-state index in [2.05, 4.69) is 4.98 Å². The summed E-state index contributed by atoms with van der Waals surface area (Å²) >= 11 is 5.95. The first-order chi connectivity index (χ1) is 11.5. The zero-order valence-corrected chi connectivity index (χ0v) is 13.2. The number of benzene rings is 2. The van der Waals surface area contributed by atoms with E-state index >= 15 is 0 Å². The molecule has 2 aromatic carbocycles. The number of carbonyl (C=O) groups is 2. The SMILES string of the molecule is O=C(O)C(=O)C(=Cc1cccc(Cl)c1)c1ccc2ccccc2n1. The van der Waals surface area contributed by atoms with Gasteiger partial charge >= 0.3 is 5.97 Å². The minimum absolute atomic E-state index is 0.00974. The number of nitrogens with zero attached hydrogens (tertiary/aromatic N) is 1. The molecule has 0 saturated heterocycles. The lowest BCUT2D eigenvalue weighted by Crippen LogP contribution is -2.15. The number of para-hydroxylation sites is 1. The van der Waals surface area contributed by atoms with Crippen LogP contribution in [0.1, 0.15) is 11.3 Å². The van der Waals surface area contributed by atoms with Crippen molar-refractivity contribution in [2.45, 2.75) is 0 Å². The Morgan fingerprint density at radius 2 is 1.79 bits per heavy atom. The Kier molecular flexibility index (Phi) is 4.40. The van der Waals surface area contributed by atoms with Crippen molar-refractivity contribution in [2.24, 2.45) is 0 Å². The summed E-state index contributed by atoms with van der Waals surface area (Å²) in [7, 11) is 0. The van der Waals surface area contributed by atoms with Gasteiger partial charge in [-0.15, -0.1) is 0 Å². The molecule has 3 aromatic rings. The fourth-order valence-corrected chi connectivity index (χ4v) is 2.55. The molecule has 0 radical (unpaired) electrons. The molecule has 24 heavy (non-hydrogen) atoms. The number of rotatable bonds is 4. The number of aliphatic carboxylic acids is 1. The highest BCUT2D eigenvalue weighted by atomic mass is 35.5. The summed E-state index contributed by atoms with van der Waals surface area (Å²) in [6.07, 6.45) is 1.49. The maximum absolute atomic E-state index is 12.1. The lowest BCUT2D eigenvalue weighted by Gasteiger charge is -2.06. The zero-order valence-electron chi connectivity index (χ0n) is 12.4. The first-order valence-electron chi connectivity index (χ1n) is 7.15. The molecule has 0 aliphatic rings. The highest BCUT2D eigenvalue weighted by molar-refractivity contribution is 6.52. The highest BCUT2D eigenvalue weighted by Crippen LogP contribution is 2.22. The van der Waals surface area contributed by atoms with Crippen molar-refractivity contribution >= 4 is 45.9 Å². The normalized spacial score (nSPS) is 11.5. The summed E-state index contributed by atoms with van der Waals surface area (Å²) in [5.74, 6) is -2.55. The van der Waals surface area contributed by atoms with Crippen molar-refractivity contribution in [3.05, 3.63) is 76.9 Å². The van der Waals surface area contributed by atoms with Crippen LogP contribution in [-0.2, 0) is 9.59 Å². The molecule has 0 spiro atoms. The molecule has 1 N–H and O–H groups in total. The molecule has 0 unspecified atom stereocenters. The van der Waals surface area contributed by atoms with Gasteiger partial charge in [0.05, 0.1) is 16.8 Å². The average Bonchev–Trinajstić information content (AvgIpc) is 2.58. The van der Waals surface area contributed by atoms with E-state index in [9.17, 15) is 9.59 Å². The number of carbonyl (C=O) groups excluding carboxylic acids is 1. The van der Waals surface area contributed by atoms with Crippen molar-refractivity contribution in [1.29, 1.82) is 0 Å². The van der Waals surface area contributed by atoms with Crippen LogP contribution in [0.5, 0.6) is 0 Å². The van der Waals surface area contributed by atoms with Gasteiger partial charge in [0, 0.05) is 10.4 Å². The van der Waals surface area contributed by atoms with E-state index < -0.39 is 11.8 Å². The topological polar surface area (TPSA) is 67.3 Å². The van der Waals surface area contributed by atoms with Crippen LogP contribution in [0.3, 0.4) is 0 Å². The van der Waals surface area contributed by atoms with Gasteiger partial charge < -0.3 is 5.11 Å². The summed E-state index contributed by atoms with van der Waals surface area (Å²) in [6.45, 7) is 0. The molecule has 0 amide bonds. The third-order valence-electron chi connectivity index (χ3n) is 3.47. The second-order valence-electron chi connectivity index (χ2n) is 5.14. The Hall–Kier alpha value is -2.98. The number of halogens is 1. The number of pyridine rings is 1. The molecular weight excluding hydrogens is 326 g/mol. The van der Waals surface area contributed by atoms with Crippen molar-refractivity contribution in [3.63, 3.8) is 0 Å². The van der Waals surface area contributed by atoms with Gasteiger partial charge in [0.1, 0.15) is 0 Å². The maximum atomic E-state index is 12.1. The van der Waals surface area contributed by atoms with E-state index in [-0.39, 0.29) is 5.57 Å². The molecule has 0 aliphatic carbocycles. The number of fused-ring (bicyclic) bond motifs is 1. The fraction of sp³-hybridized carbons (Fsp3) is 0. The first-order valence-corrected chi connectivity index (χ1v) is 7.53. The molecule has 1 heterocycles. The number of aromatic nitrogens is 1. The minimum atomic E-state index is -1.53. The number of Topliss-reactive ketones (excluding diaryl/α,β-unsaturated/α-hetero) is 1. The van der Waals surface area contributed by atoms with Gasteiger partial charge in [0.25, 0.3) is 5.78 Å². The van der Waals surface area contributed by atoms with Gasteiger partial charge in [-0.1, -0.05) is 48.0 Å². The van der Waals surface area contributed by atoms with Crippen molar-refractivity contribution in [2.75, 3.05) is 0 Å². The molecule has 0 aliphatic heterocycles. The summed E-state index contributed by atoms with van der Waals surface area (Å²) in [5, 5.41) is 10.5. The maximum Gasteiger partial charge on any atom is 0.377 e. The summed E-state index contributed by atoms with van der Waals surface area (Å²) in [5.41, 5.74) is 1.63. The molecule has 4 nitrogen and oxygen atoms in total. The standard InChI is InChI=1S/C19H12ClNO3/c20-14-6-3-4-12(10-14)11-15(18(22)19(23)24)17-9-8-13-5-1-2-7-16(13)21-17/h1-11H,(H,23,24). The van der Waals surface area contributed by atoms with E-state index in [1.54, 1.807) is 42.5 Å². The lowest BCUT2D eigenvalue weighted by atomic mass is 10.0. The van der Waals surface area contributed by atoms with Crippen molar-refractivity contribution in [3.8, 4) is 0 Å². The van der Waals surface area contributed by atoms with Gasteiger partial charge in [-0.25, -0.2) is 9.78 Å². The molecule has 118 valence electrons. The molecule has 0 atom stereocenters. The summed E-state index contributed by atoms with van der Waals surface area (Å²) in [4.78, 5) is 27.7. The van der Waals surface area contributed by atoms with E-state index in [1.807, 2.05) is 18.2 Å². The predicted octanol–water partition coefficient (Wildman–Crippen LogP) is 4.08. The Morgan fingerprint density at radius 3 is 2.54 bits per heavy atom. The number of carboxylic acid groups (broad SMARTS) is 1. The smallest absolute Gasteiger partial charge is 0.377 e. The van der Waals surface area contributed by atoms with Crippen LogP contribution < -0.4 is 0 Å². The molecule has 0 bridgehead atoms. The van der Waals surface area contributed by atoms with E-state index in [4.69, 9.17) is 16.7 Å². The van der Waals surface area contributed by atoms with Gasteiger partial charge in [0.15, 0.2) is 0 Å². The molecule has 0 saturated carbocycles. The summed E-state index contributed by atoms with van der Waals surface area (Å²) in [6, 6.07) is 17.7. The van der Waals surface area contributed by atoms with Crippen LogP contribution in [0.2, 0.25) is 5.02 Å². The average molecular weight is 338 g/mol. The molecule has 5 heteroatoms. The van der Waals surface area contributed by atoms with Crippen LogP contribution in [-0.4, -0.2) is 21.8 Å². The zero-order chi connectivity index (χ0) is 17.1. The van der Waals surface area contributed by atoms with E-state index in [1.165, 1.54) is 6.08 Å². The van der Waals surface area contributed by atoms with Crippen LogP contribution in [0.25, 0.3) is 22.6 Å².